The lowest BCUT2D eigenvalue weighted by atomic mass is 9.90. The Morgan fingerprint density at radius 3 is 2.18 bits per heavy atom. The van der Waals surface area contributed by atoms with Gasteiger partial charge in [-0.15, -0.1) is 0 Å². The van der Waals surface area contributed by atoms with Crippen LogP contribution in [0.5, 0.6) is 0 Å². The average molecular weight is 555 g/mol. The number of carbonyl (C=O) groups is 1. The summed E-state index contributed by atoms with van der Waals surface area (Å²) in [5.74, 6) is -0.0937. The molecule has 2 N–H and O–H groups in total. The van der Waals surface area contributed by atoms with Gasteiger partial charge in [0.05, 0.1) is 4.90 Å². The van der Waals surface area contributed by atoms with Gasteiger partial charge >= 0.3 is 0 Å². The summed E-state index contributed by atoms with van der Waals surface area (Å²) in [5, 5.41) is 12.1. The number of halogens is 1. The van der Waals surface area contributed by atoms with Gasteiger partial charge in [-0.2, -0.15) is 0 Å². The highest BCUT2D eigenvalue weighted by Crippen LogP contribution is 2.36. The Bertz CT molecular complexity index is 1940. The zero-order valence-electron chi connectivity index (χ0n) is 21.2. The van der Waals surface area contributed by atoms with Gasteiger partial charge in [0, 0.05) is 35.3 Å². The molecule has 6 aromatic carbocycles. The maximum atomic E-state index is 12.9. The molecule has 0 radical (unpaired) electrons. The zero-order chi connectivity index (χ0) is 27.0. The van der Waals surface area contributed by atoms with Crippen LogP contribution in [0.1, 0.15) is 18.4 Å². The van der Waals surface area contributed by atoms with E-state index in [0.717, 1.165) is 6.42 Å². The second-order valence-corrected chi connectivity index (χ2v) is 11.9. The van der Waals surface area contributed by atoms with Crippen molar-refractivity contribution >= 4 is 70.6 Å². The molecule has 6 rings (SSSR count). The minimum absolute atomic E-state index is 0.0937. The Morgan fingerprint density at radius 1 is 0.692 bits per heavy atom. The van der Waals surface area contributed by atoms with Crippen molar-refractivity contribution in [3.05, 3.63) is 102 Å². The summed E-state index contributed by atoms with van der Waals surface area (Å²) in [6, 6.07) is 29.6. The van der Waals surface area contributed by atoms with E-state index in [0.29, 0.717) is 28.6 Å². The van der Waals surface area contributed by atoms with E-state index in [9.17, 15) is 13.2 Å². The molecule has 196 valence electrons. The summed E-state index contributed by atoms with van der Waals surface area (Å²) in [4.78, 5) is 12.6. The Morgan fingerprint density at radius 2 is 1.36 bits per heavy atom. The predicted octanol–water partition coefficient (Wildman–Crippen LogP) is 6.81. The molecule has 0 spiro atoms. The smallest absolute Gasteiger partial charge is 0.241 e. The van der Waals surface area contributed by atoms with Crippen LogP contribution in [0.4, 0.5) is 0 Å². The zero-order valence-corrected chi connectivity index (χ0v) is 22.8. The molecule has 0 aliphatic carbocycles. The van der Waals surface area contributed by atoms with Gasteiger partial charge in [0.15, 0.2) is 0 Å². The second kappa shape index (κ2) is 10.5. The number of fused-ring (bicyclic) bond motifs is 1. The van der Waals surface area contributed by atoms with E-state index >= 15 is 0 Å². The van der Waals surface area contributed by atoms with Gasteiger partial charge in [-0.1, -0.05) is 90.5 Å². The first-order chi connectivity index (χ1) is 18.9. The molecule has 0 aliphatic rings. The van der Waals surface area contributed by atoms with Crippen LogP contribution < -0.4 is 10.0 Å². The molecule has 0 bridgehead atoms. The number of carbonyl (C=O) groups excluding carboxylic acids is 1. The molecule has 5 nitrogen and oxygen atoms in total. The summed E-state index contributed by atoms with van der Waals surface area (Å²) in [6.07, 6.45) is 1.87. The Kier molecular flexibility index (Phi) is 6.85. The number of amides is 1. The molecule has 0 aliphatic heterocycles. The molecule has 6 aromatic rings. The van der Waals surface area contributed by atoms with Crippen molar-refractivity contribution in [3.8, 4) is 0 Å². The van der Waals surface area contributed by atoms with Crippen LogP contribution in [0.3, 0.4) is 0 Å². The summed E-state index contributed by atoms with van der Waals surface area (Å²) < 4.78 is 28.4. The first-order valence-corrected chi connectivity index (χ1v) is 14.9. The topological polar surface area (TPSA) is 75.3 Å². The highest BCUT2D eigenvalue weighted by atomic mass is 35.5. The molecule has 0 saturated carbocycles. The molecule has 39 heavy (non-hydrogen) atoms. The highest BCUT2D eigenvalue weighted by molar-refractivity contribution is 7.89. The van der Waals surface area contributed by atoms with Gasteiger partial charge in [0.1, 0.15) is 0 Å². The second-order valence-electron chi connectivity index (χ2n) is 9.77. The third-order valence-corrected chi connectivity index (χ3v) is 9.18. The van der Waals surface area contributed by atoms with Gasteiger partial charge in [0.25, 0.3) is 0 Å². The number of rotatable bonds is 9. The first kappa shape index (κ1) is 25.6. The fraction of sp³-hybridized carbons (Fsp3) is 0.156. The van der Waals surface area contributed by atoms with Crippen molar-refractivity contribution in [1.82, 2.24) is 10.0 Å². The Labute approximate surface area is 232 Å². The molecule has 0 unspecified atom stereocenters. The quantitative estimate of drug-likeness (QED) is 0.152. The normalized spacial score (nSPS) is 12.1. The minimum Gasteiger partial charge on any atom is -0.355 e. The summed E-state index contributed by atoms with van der Waals surface area (Å²) in [7, 11) is -3.76. The van der Waals surface area contributed by atoms with Gasteiger partial charge in [-0.3, -0.25) is 4.79 Å². The number of aryl methyl sites for hydroxylation is 1. The van der Waals surface area contributed by atoms with Crippen molar-refractivity contribution < 1.29 is 13.2 Å². The maximum Gasteiger partial charge on any atom is 0.241 e. The molecular formula is C32H27ClN2O3S. The van der Waals surface area contributed by atoms with Gasteiger partial charge in [-0.05, 0) is 62.9 Å². The number of nitrogens with one attached hydrogen (secondary N) is 2. The lowest BCUT2D eigenvalue weighted by Gasteiger charge is -2.14. The van der Waals surface area contributed by atoms with E-state index in [4.69, 9.17) is 11.6 Å². The molecule has 1 amide bonds. The summed E-state index contributed by atoms with van der Waals surface area (Å²) in [6.45, 7) is 0.308. The molecule has 0 saturated heterocycles. The van der Waals surface area contributed by atoms with E-state index in [1.807, 2.05) is 0 Å². The number of hydrogen-bond donors (Lipinski definition) is 2. The fourth-order valence-electron chi connectivity index (χ4n) is 5.48. The van der Waals surface area contributed by atoms with Crippen LogP contribution >= 0.6 is 11.6 Å². The average Bonchev–Trinajstić information content (AvgIpc) is 2.94. The Hall–Kier alpha value is -3.71. The van der Waals surface area contributed by atoms with Crippen molar-refractivity contribution in [2.75, 3.05) is 13.1 Å². The number of benzene rings is 6. The van der Waals surface area contributed by atoms with Crippen molar-refractivity contribution in [2.45, 2.75) is 24.2 Å². The van der Waals surface area contributed by atoms with Crippen molar-refractivity contribution in [3.63, 3.8) is 0 Å². The van der Waals surface area contributed by atoms with Gasteiger partial charge in [-0.25, -0.2) is 13.1 Å². The van der Waals surface area contributed by atoms with E-state index in [1.165, 1.54) is 37.9 Å². The van der Waals surface area contributed by atoms with Crippen molar-refractivity contribution in [1.29, 1.82) is 0 Å². The van der Waals surface area contributed by atoms with Crippen LogP contribution in [-0.4, -0.2) is 27.4 Å². The lowest BCUT2D eigenvalue weighted by molar-refractivity contribution is -0.121. The van der Waals surface area contributed by atoms with E-state index in [1.54, 1.807) is 36.4 Å². The van der Waals surface area contributed by atoms with Gasteiger partial charge in [0.2, 0.25) is 15.9 Å². The third kappa shape index (κ3) is 4.91. The SMILES string of the molecule is O=C(CCCc1ccc2ccc3cccc4ccc1c2c34)NCCNS(=O)(=O)c1cccc2c(Cl)cccc12. The predicted molar refractivity (Wildman–Crippen MR) is 160 cm³/mol. The van der Waals surface area contributed by atoms with E-state index < -0.39 is 10.0 Å². The minimum atomic E-state index is -3.76. The maximum absolute atomic E-state index is 12.9. The molecule has 0 atom stereocenters. The molecule has 0 heterocycles. The van der Waals surface area contributed by atoms with Crippen LogP contribution in [0.2, 0.25) is 5.02 Å². The fourth-order valence-corrected chi connectivity index (χ4v) is 6.97. The van der Waals surface area contributed by atoms with E-state index in [-0.39, 0.29) is 23.9 Å². The van der Waals surface area contributed by atoms with E-state index in [2.05, 4.69) is 64.6 Å². The lowest BCUT2D eigenvalue weighted by Crippen LogP contribution is -2.34. The van der Waals surface area contributed by atoms with Crippen LogP contribution in [0.15, 0.2) is 95.9 Å². The number of hydrogen-bond acceptors (Lipinski definition) is 3. The van der Waals surface area contributed by atoms with Crippen LogP contribution in [0.25, 0.3) is 43.1 Å². The Balaban J connectivity index is 1.05. The third-order valence-electron chi connectivity index (χ3n) is 7.33. The van der Waals surface area contributed by atoms with Crippen molar-refractivity contribution in [2.24, 2.45) is 0 Å². The van der Waals surface area contributed by atoms with Gasteiger partial charge < -0.3 is 5.32 Å². The summed E-state index contributed by atoms with van der Waals surface area (Å²) >= 11 is 6.22. The molecule has 0 aromatic heterocycles. The number of sulfonamides is 1. The van der Waals surface area contributed by atoms with Crippen LogP contribution in [0, 0.1) is 0 Å². The largest absolute Gasteiger partial charge is 0.355 e. The van der Waals surface area contributed by atoms with Crippen LogP contribution in [-0.2, 0) is 21.2 Å². The monoisotopic (exact) mass is 554 g/mol. The summed E-state index contributed by atoms with van der Waals surface area (Å²) in [5.41, 5.74) is 1.23. The first-order valence-electron chi connectivity index (χ1n) is 13.0. The molecule has 7 heteroatoms. The standard InChI is InChI=1S/C32H27ClN2O3S/c33-28-10-3-9-27-26(28)8-4-11-29(27)39(37,38)35-20-19-34-30(36)12-2-5-21-13-14-24-16-15-22-6-1-7-23-17-18-25(21)32(24)31(22)23/h1,3-4,6-11,13-18,35H,2,5,12,19-20H2,(H,34,36). The molecule has 0 fully saturated rings. The molecular weight excluding hydrogens is 528 g/mol. The highest BCUT2D eigenvalue weighted by Gasteiger charge is 2.17.